The summed E-state index contributed by atoms with van der Waals surface area (Å²) >= 11 is 3.50. The summed E-state index contributed by atoms with van der Waals surface area (Å²) in [7, 11) is 3.92. The Bertz CT molecular complexity index is 1020. The van der Waals surface area contributed by atoms with E-state index in [9.17, 15) is 4.39 Å². The first-order valence-corrected chi connectivity index (χ1v) is 10.3. The van der Waals surface area contributed by atoms with Crippen molar-refractivity contribution in [2.75, 3.05) is 37.0 Å². The molecule has 152 valence electrons. The first-order valence-electron chi connectivity index (χ1n) is 9.46. The molecule has 3 heterocycles. The van der Waals surface area contributed by atoms with Crippen molar-refractivity contribution >= 4 is 27.6 Å². The molecule has 4 rings (SSSR count). The number of hydrogen-bond acceptors (Lipinski definition) is 7. The zero-order valence-electron chi connectivity index (χ0n) is 16.6. The number of anilines is 2. The molecule has 29 heavy (non-hydrogen) atoms. The fourth-order valence-electron chi connectivity index (χ4n) is 3.34. The second kappa shape index (κ2) is 8.06. The van der Waals surface area contributed by atoms with Gasteiger partial charge in [-0.1, -0.05) is 15.9 Å². The van der Waals surface area contributed by atoms with Crippen LogP contribution in [0.3, 0.4) is 0 Å². The van der Waals surface area contributed by atoms with Crippen LogP contribution in [0.1, 0.15) is 18.5 Å². The highest BCUT2D eigenvalue weighted by Gasteiger charge is 2.22. The Morgan fingerprint density at radius 1 is 1.10 bits per heavy atom. The average Bonchev–Trinajstić information content (AvgIpc) is 3.18. The molecule has 0 amide bonds. The highest BCUT2D eigenvalue weighted by molar-refractivity contribution is 9.10. The van der Waals surface area contributed by atoms with Crippen LogP contribution in [-0.4, -0.2) is 53.5 Å². The van der Waals surface area contributed by atoms with Crippen molar-refractivity contribution in [3.8, 4) is 23.0 Å². The summed E-state index contributed by atoms with van der Waals surface area (Å²) < 4.78 is 20.4. The fourth-order valence-corrected chi connectivity index (χ4v) is 3.69. The van der Waals surface area contributed by atoms with Gasteiger partial charge in [-0.3, -0.25) is 0 Å². The second-order valence-corrected chi connectivity index (χ2v) is 8.24. The van der Waals surface area contributed by atoms with Gasteiger partial charge in [0.15, 0.2) is 0 Å². The van der Waals surface area contributed by atoms with Gasteiger partial charge < -0.3 is 14.2 Å². The second-order valence-electron chi connectivity index (χ2n) is 7.32. The molecule has 0 atom stereocenters. The Kier molecular flexibility index (Phi) is 5.49. The van der Waals surface area contributed by atoms with Crippen LogP contribution in [-0.2, 0) is 0 Å². The van der Waals surface area contributed by atoms with Crippen LogP contribution < -0.4 is 9.80 Å². The number of halogens is 2. The lowest BCUT2D eigenvalue weighted by Gasteiger charge is -2.28. The van der Waals surface area contributed by atoms with Gasteiger partial charge in [-0.05, 0) is 44.0 Å². The highest BCUT2D eigenvalue weighted by Crippen LogP contribution is 2.33. The monoisotopic (exact) mass is 460 g/mol. The normalized spacial score (nSPS) is 15.0. The first-order chi connectivity index (χ1) is 13.9. The third-order valence-electron chi connectivity index (χ3n) is 4.87. The minimum absolute atomic E-state index is 0.333. The van der Waals surface area contributed by atoms with Gasteiger partial charge in [-0.25, -0.2) is 14.4 Å². The minimum atomic E-state index is -0.745. The molecule has 1 aliphatic heterocycles. The van der Waals surface area contributed by atoms with E-state index in [1.54, 1.807) is 0 Å². The zero-order chi connectivity index (χ0) is 20.5. The molecule has 0 bridgehead atoms. The molecule has 0 N–H and O–H groups in total. The minimum Gasteiger partial charge on any atom is -0.415 e. The Morgan fingerprint density at radius 3 is 2.55 bits per heavy atom. The maximum absolute atomic E-state index is 13.5. The van der Waals surface area contributed by atoms with Gasteiger partial charge >= 0.3 is 0 Å². The van der Waals surface area contributed by atoms with Gasteiger partial charge in [-0.2, -0.15) is 0 Å². The first kappa shape index (κ1) is 19.8. The van der Waals surface area contributed by atoms with Crippen LogP contribution >= 0.6 is 15.9 Å². The lowest BCUT2D eigenvalue weighted by molar-refractivity contribution is 0.276. The molecule has 0 saturated carbocycles. The summed E-state index contributed by atoms with van der Waals surface area (Å²) in [5.41, 5.74) is 3.16. The molecule has 0 unspecified atom stereocenters. The predicted molar refractivity (Wildman–Crippen MR) is 114 cm³/mol. The Balaban J connectivity index is 1.67. The maximum Gasteiger partial charge on any atom is 0.266 e. The molecule has 1 fully saturated rings. The standard InChI is InChI=1S/C20H22BrFN6O/c1-12-10-16(24-20(23-12)28-8-6-14(22)7-9-28)19-26-25-18(29-19)15-5-4-13(21)11-17(15)27(2)3/h4-5,10-11,14H,6-9H2,1-3H3. The van der Waals surface area contributed by atoms with Crippen LogP contribution in [0.15, 0.2) is 33.2 Å². The van der Waals surface area contributed by atoms with Crippen molar-refractivity contribution in [2.45, 2.75) is 25.9 Å². The lowest BCUT2D eigenvalue weighted by Crippen LogP contribution is -2.35. The van der Waals surface area contributed by atoms with Gasteiger partial charge in [0, 0.05) is 37.4 Å². The quantitative estimate of drug-likeness (QED) is 0.575. The molecular weight excluding hydrogens is 439 g/mol. The summed E-state index contributed by atoms with van der Waals surface area (Å²) in [6.07, 6.45) is 0.244. The van der Waals surface area contributed by atoms with Crippen LogP contribution in [0.4, 0.5) is 16.0 Å². The highest BCUT2D eigenvalue weighted by atomic mass is 79.9. The predicted octanol–water partition coefficient (Wildman–Crippen LogP) is 4.27. The van der Waals surface area contributed by atoms with Crippen molar-refractivity contribution in [2.24, 2.45) is 0 Å². The van der Waals surface area contributed by atoms with Crippen molar-refractivity contribution < 1.29 is 8.81 Å². The van der Waals surface area contributed by atoms with E-state index in [1.807, 2.05) is 55.1 Å². The van der Waals surface area contributed by atoms with Crippen molar-refractivity contribution in [3.63, 3.8) is 0 Å². The van der Waals surface area contributed by atoms with E-state index in [-0.39, 0.29) is 0 Å². The van der Waals surface area contributed by atoms with Crippen LogP contribution in [0.2, 0.25) is 0 Å². The van der Waals surface area contributed by atoms with Gasteiger partial charge in [0.1, 0.15) is 11.9 Å². The summed E-state index contributed by atoms with van der Waals surface area (Å²) in [5, 5.41) is 8.44. The average molecular weight is 461 g/mol. The van der Waals surface area contributed by atoms with E-state index in [0.717, 1.165) is 21.4 Å². The fraction of sp³-hybridized carbons (Fsp3) is 0.400. The van der Waals surface area contributed by atoms with Crippen LogP contribution in [0.5, 0.6) is 0 Å². The van der Waals surface area contributed by atoms with E-state index in [0.29, 0.717) is 49.4 Å². The SMILES string of the molecule is Cc1cc(-c2nnc(-c3ccc(Br)cc3N(C)C)o2)nc(N2CCC(F)CC2)n1. The van der Waals surface area contributed by atoms with E-state index in [1.165, 1.54) is 0 Å². The summed E-state index contributed by atoms with van der Waals surface area (Å²) in [6, 6.07) is 7.69. The van der Waals surface area contributed by atoms with Gasteiger partial charge in [0.25, 0.3) is 5.89 Å². The molecular formula is C20H22BrFN6O. The molecule has 1 saturated heterocycles. The summed E-state index contributed by atoms with van der Waals surface area (Å²) in [4.78, 5) is 13.1. The number of benzene rings is 1. The molecule has 3 aromatic rings. The number of hydrogen-bond donors (Lipinski definition) is 0. The number of piperidine rings is 1. The van der Waals surface area contributed by atoms with E-state index in [2.05, 4.69) is 36.1 Å². The zero-order valence-corrected chi connectivity index (χ0v) is 18.1. The molecule has 0 radical (unpaired) electrons. The molecule has 9 heteroatoms. The Morgan fingerprint density at radius 2 is 1.83 bits per heavy atom. The number of aromatic nitrogens is 4. The molecule has 2 aromatic heterocycles. The molecule has 0 spiro atoms. The van der Waals surface area contributed by atoms with Crippen molar-refractivity contribution in [3.05, 3.63) is 34.4 Å². The summed E-state index contributed by atoms with van der Waals surface area (Å²) in [6.45, 7) is 3.10. The Labute approximate surface area is 177 Å². The van der Waals surface area contributed by atoms with Crippen LogP contribution in [0, 0.1) is 6.92 Å². The third kappa shape index (κ3) is 4.24. The van der Waals surface area contributed by atoms with E-state index >= 15 is 0 Å². The largest absolute Gasteiger partial charge is 0.415 e. The number of nitrogens with zero attached hydrogens (tertiary/aromatic N) is 6. The molecule has 1 aromatic carbocycles. The lowest BCUT2D eigenvalue weighted by atomic mass is 10.1. The van der Waals surface area contributed by atoms with Crippen molar-refractivity contribution in [1.82, 2.24) is 20.2 Å². The topological polar surface area (TPSA) is 71.2 Å². The van der Waals surface area contributed by atoms with Crippen LogP contribution in [0.25, 0.3) is 23.0 Å². The Hall–Kier alpha value is -2.55. The number of aryl methyl sites for hydroxylation is 1. The summed E-state index contributed by atoms with van der Waals surface area (Å²) in [5.74, 6) is 1.33. The van der Waals surface area contributed by atoms with Gasteiger partial charge in [0.05, 0.1) is 11.3 Å². The van der Waals surface area contributed by atoms with E-state index < -0.39 is 6.17 Å². The van der Waals surface area contributed by atoms with Gasteiger partial charge in [-0.15, -0.1) is 10.2 Å². The molecule has 0 aliphatic carbocycles. The molecule has 1 aliphatic rings. The smallest absolute Gasteiger partial charge is 0.266 e. The number of alkyl halides is 1. The third-order valence-corrected chi connectivity index (χ3v) is 5.36. The van der Waals surface area contributed by atoms with E-state index in [4.69, 9.17) is 4.42 Å². The number of rotatable bonds is 4. The maximum atomic E-state index is 13.5. The van der Waals surface area contributed by atoms with Gasteiger partial charge in [0.2, 0.25) is 11.8 Å². The molecule has 7 nitrogen and oxygen atoms in total. The van der Waals surface area contributed by atoms with Crippen molar-refractivity contribution in [1.29, 1.82) is 0 Å².